The van der Waals surface area contributed by atoms with Gasteiger partial charge in [0, 0.05) is 5.39 Å². The summed E-state index contributed by atoms with van der Waals surface area (Å²) in [7, 11) is 1.59. The zero-order chi connectivity index (χ0) is 18.4. The molecular weight excluding hydrogens is 336 g/mol. The number of rotatable bonds is 6. The summed E-state index contributed by atoms with van der Waals surface area (Å²) in [5.74, 6) is -0.0399. The maximum Gasteiger partial charge on any atom is 0.304 e. The molecule has 0 aliphatic rings. The predicted octanol–water partition coefficient (Wildman–Crippen LogP) is 3.54. The van der Waals surface area contributed by atoms with E-state index in [4.69, 9.17) is 9.57 Å². The van der Waals surface area contributed by atoms with Gasteiger partial charge in [-0.2, -0.15) is 0 Å². The van der Waals surface area contributed by atoms with Gasteiger partial charge in [-0.3, -0.25) is 4.79 Å². The van der Waals surface area contributed by atoms with Gasteiger partial charge in [0.05, 0.1) is 18.8 Å². The van der Waals surface area contributed by atoms with E-state index in [2.05, 4.69) is 20.4 Å². The van der Waals surface area contributed by atoms with Crippen molar-refractivity contribution < 1.29 is 19.5 Å². The lowest BCUT2D eigenvalue weighted by Gasteiger charge is -1.98. The molecule has 26 heavy (non-hydrogen) atoms. The van der Waals surface area contributed by atoms with Crippen LogP contribution >= 0.6 is 0 Å². The monoisotopic (exact) mass is 352 g/mol. The first-order chi connectivity index (χ1) is 12.7. The molecule has 8 heteroatoms. The second-order valence-corrected chi connectivity index (χ2v) is 5.24. The number of nitrogens with zero attached hydrogens (tertiary/aromatic N) is 3. The van der Waals surface area contributed by atoms with E-state index in [0.29, 0.717) is 10.9 Å². The zero-order valence-corrected chi connectivity index (χ0v) is 13.9. The van der Waals surface area contributed by atoms with Gasteiger partial charge in [0.2, 0.25) is 5.88 Å². The van der Waals surface area contributed by atoms with Gasteiger partial charge in [-0.25, -0.2) is 0 Å². The molecule has 2 aromatic carbocycles. The first-order valence-corrected chi connectivity index (χ1v) is 7.71. The van der Waals surface area contributed by atoms with E-state index in [1.54, 1.807) is 49.6 Å². The van der Waals surface area contributed by atoms with Crippen LogP contribution in [-0.2, 0) is 9.63 Å². The molecule has 0 fully saturated rings. The standard InChI is InChI=1S/C18H16N4O4/c1-25-13-8-6-12(7-9-13)10-19-26-11-16(23)21-22-17-14-4-2-3-5-15(14)20-18(17)24/h2-10,20,24H,11H2,1H3. The predicted molar refractivity (Wildman–Crippen MR) is 96.0 cm³/mol. The van der Waals surface area contributed by atoms with Crippen LogP contribution < -0.4 is 4.74 Å². The molecular formula is C18H16N4O4. The molecule has 3 rings (SSSR count). The van der Waals surface area contributed by atoms with Crippen molar-refractivity contribution in [3.8, 4) is 11.6 Å². The number of aromatic amines is 1. The van der Waals surface area contributed by atoms with Crippen molar-refractivity contribution in [2.24, 2.45) is 15.4 Å². The number of azo groups is 1. The Morgan fingerprint density at radius 1 is 1.19 bits per heavy atom. The van der Waals surface area contributed by atoms with Crippen LogP contribution in [0.1, 0.15) is 5.56 Å². The summed E-state index contributed by atoms with van der Waals surface area (Å²) in [6.45, 7) is -0.362. The Morgan fingerprint density at radius 3 is 2.73 bits per heavy atom. The molecule has 1 heterocycles. The summed E-state index contributed by atoms with van der Waals surface area (Å²) in [6.07, 6.45) is 1.47. The van der Waals surface area contributed by atoms with Crippen molar-refractivity contribution in [3.05, 3.63) is 54.1 Å². The van der Waals surface area contributed by atoms with E-state index >= 15 is 0 Å². The lowest BCUT2D eigenvalue weighted by Crippen LogP contribution is -2.01. The van der Waals surface area contributed by atoms with Crippen LogP contribution in [0.4, 0.5) is 5.69 Å². The fourth-order valence-electron chi connectivity index (χ4n) is 2.23. The number of ether oxygens (including phenoxy) is 1. The van der Waals surface area contributed by atoms with Crippen LogP contribution in [0.5, 0.6) is 11.6 Å². The van der Waals surface area contributed by atoms with E-state index in [0.717, 1.165) is 11.3 Å². The Morgan fingerprint density at radius 2 is 1.96 bits per heavy atom. The Labute approximate surface area is 148 Å². The lowest BCUT2D eigenvalue weighted by molar-refractivity contribution is -0.122. The van der Waals surface area contributed by atoms with Gasteiger partial charge in [-0.15, -0.1) is 10.2 Å². The van der Waals surface area contributed by atoms with Gasteiger partial charge in [0.15, 0.2) is 12.3 Å². The van der Waals surface area contributed by atoms with Gasteiger partial charge in [0.25, 0.3) is 0 Å². The summed E-state index contributed by atoms with van der Waals surface area (Å²) in [4.78, 5) is 19.4. The minimum absolute atomic E-state index is 0.152. The van der Waals surface area contributed by atoms with E-state index < -0.39 is 5.91 Å². The van der Waals surface area contributed by atoms with Crippen LogP contribution in [0.15, 0.2) is 63.9 Å². The maximum absolute atomic E-state index is 11.7. The average Bonchev–Trinajstić information content (AvgIpc) is 2.99. The minimum atomic E-state index is -0.624. The van der Waals surface area contributed by atoms with Crippen molar-refractivity contribution in [1.82, 2.24) is 4.98 Å². The smallest absolute Gasteiger partial charge is 0.304 e. The fraction of sp³-hybridized carbons (Fsp3) is 0.111. The van der Waals surface area contributed by atoms with Crippen molar-refractivity contribution in [1.29, 1.82) is 0 Å². The molecule has 132 valence electrons. The lowest BCUT2D eigenvalue weighted by atomic mass is 10.2. The molecule has 0 unspecified atom stereocenters. The number of fused-ring (bicyclic) bond motifs is 1. The Kier molecular flexibility index (Phi) is 5.23. The molecule has 0 atom stereocenters. The number of carbonyl (C=O) groups is 1. The third kappa shape index (κ3) is 4.04. The van der Waals surface area contributed by atoms with E-state index in [1.165, 1.54) is 6.21 Å². The van der Waals surface area contributed by atoms with Crippen LogP contribution in [0.2, 0.25) is 0 Å². The average molecular weight is 352 g/mol. The van der Waals surface area contributed by atoms with Gasteiger partial charge >= 0.3 is 5.91 Å². The minimum Gasteiger partial charge on any atom is -0.497 e. The largest absolute Gasteiger partial charge is 0.497 e. The molecule has 1 aromatic heterocycles. The molecule has 0 spiro atoms. The van der Waals surface area contributed by atoms with E-state index in [9.17, 15) is 9.90 Å². The first kappa shape index (κ1) is 17.2. The summed E-state index contributed by atoms with van der Waals surface area (Å²) in [6, 6.07) is 14.3. The number of oxime groups is 1. The number of aromatic nitrogens is 1. The molecule has 0 aliphatic heterocycles. The van der Waals surface area contributed by atoms with Crippen LogP contribution in [0.3, 0.4) is 0 Å². The Hall–Kier alpha value is -3.68. The third-order valence-corrected chi connectivity index (χ3v) is 3.50. The van der Waals surface area contributed by atoms with Crippen LogP contribution in [-0.4, -0.2) is 35.9 Å². The molecule has 3 aromatic rings. The normalized spacial score (nSPS) is 11.4. The molecule has 0 saturated carbocycles. The number of H-pyrrole nitrogens is 1. The van der Waals surface area contributed by atoms with Crippen LogP contribution in [0.25, 0.3) is 10.9 Å². The van der Waals surface area contributed by atoms with Crippen molar-refractivity contribution >= 4 is 28.7 Å². The second-order valence-electron chi connectivity index (χ2n) is 5.24. The first-order valence-electron chi connectivity index (χ1n) is 7.71. The highest BCUT2D eigenvalue weighted by atomic mass is 16.6. The quantitative estimate of drug-likeness (QED) is 0.402. The van der Waals surface area contributed by atoms with Crippen molar-refractivity contribution in [2.45, 2.75) is 0 Å². The molecule has 0 aliphatic carbocycles. The second kappa shape index (κ2) is 7.93. The van der Waals surface area contributed by atoms with Crippen LogP contribution in [0, 0.1) is 0 Å². The highest BCUT2D eigenvalue weighted by molar-refractivity contribution is 5.94. The number of para-hydroxylation sites is 1. The number of methoxy groups -OCH3 is 1. The van der Waals surface area contributed by atoms with Gasteiger partial charge in [-0.05, 0) is 35.9 Å². The van der Waals surface area contributed by atoms with Gasteiger partial charge in [0.1, 0.15) is 5.75 Å². The highest BCUT2D eigenvalue weighted by Gasteiger charge is 2.10. The third-order valence-electron chi connectivity index (χ3n) is 3.50. The zero-order valence-electron chi connectivity index (χ0n) is 13.9. The molecule has 0 saturated heterocycles. The summed E-state index contributed by atoms with van der Waals surface area (Å²) in [5.41, 5.74) is 1.70. The Bertz CT molecular complexity index is 961. The Balaban J connectivity index is 1.55. The van der Waals surface area contributed by atoms with Crippen molar-refractivity contribution in [3.63, 3.8) is 0 Å². The molecule has 0 radical (unpaired) electrons. The number of aromatic hydroxyl groups is 1. The maximum atomic E-state index is 11.7. The molecule has 2 N–H and O–H groups in total. The molecule has 8 nitrogen and oxygen atoms in total. The molecule has 1 amide bonds. The fourth-order valence-corrected chi connectivity index (χ4v) is 2.23. The molecule has 0 bridgehead atoms. The van der Waals surface area contributed by atoms with Gasteiger partial charge < -0.3 is 19.7 Å². The number of nitrogens with one attached hydrogen (secondary N) is 1. The number of benzene rings is 2. The number of carbonyl (C=O) groups excluding carboxylic acids is 1. The topological polar surface area (TPSA) is 109 Å². The summed E-state index contributed by atoms with van der Waals surface area (Å²) >= 11 is 0. The van der Waals surface area contributed by atoms with E-state index in [-0.39, 0.29) is 18.2 Å². The number of hydrogen-bond donors (Lipinski definition) is 2. The van der Waals surface area contributed by atoms with E-state index in [1.807, 2.05) is 6.07 Å². The number of hydrogen-bond acceptors (Lipinski definition) is 6. The summed E-state index contributed by atoms with van der Waals surface area (Å²) < 4.78 is 5.06. The SMILES string of the molecule is COc1ccc(C=NOCC(=O)N=Nc2c(O)[nH]c3ccccc23)cc1. The van der Waals surface area contributed by atoms with Gasteiger partial charge in [-0.1, -0.05) is 23.4 Å². The van der Waals surface area contributed by atoms with Crippen molar-refractivity contribution in [2.75, 3.05) is 13.7 Å². The highest BCUT2D eigenvalue weighted by Crippen LogP contribution is 2.35. The number of amides is 1. The summed E-state index contributed by atoms with van der Waals surface area (Å²) in [5, 5.41) is 21.5.